The minimum atomic E-state index is -0.228. The maximum atomic E-state index is 12.6. The summed E-state index contributed by atoms with van der Waals surface area (Å²) in [7, 11) is 0. The van der Waals surface area contributed by atoms with Gasteiger partial charge in [-0.3, -0.25) is 14.4 Å². The first-order chi connectivity index (χ1) is 12.5. The van der Waals surface area contributed by atoms with Gasteiger partial charge in [0.25, 0.3) is 5.91 Å². The number of rotatable bonds is 6. The summed E-state index contributed by atoms with van der Waals surface area (Å²) in [6.07, 6.45) is 3.69. The Kier molecular flexibility index (Phi) is 5.88. The Morgan fingerprint density at radius 1 is 1.38 bits per heavy atom. The molecule has 0 unspecified atom stereocenters. The molecule has 6 nitrogen and oxygen atoms in total. The van der Waals surface area contributed by atoms with Crippen molar-refractivity contribution in [3.8, 4) is 0 Å². The van der Waals surface area contributed by atoms with Crippen LogP contribution in [0.1, 0.15) is 45.6 Å². The molecule has 0 aromatic carbocycles. The Morgan fingerprint density at radius 2 is 2.23 bits per heavy atom. The minimum absolute atomic E-state index is 0.0269. The molecule has 3 heterocycles. The quantitative estimate of drug-likeness (QED) is 0.789. The number of nitrogens with zero attached hydrogens (tertiary/aromatic N) is 1. The number of nitrogens with one attached hydrogen (secondary N) is 1. The second kappa shape index (κ2) is 8.31. The highest BCUT2D eigenvalue weighted by Gasteiger charge is 2.24. The molecule has 138 valence electrons. The molecule has 0 radical (unpaired) electrons. The van der Waals surface area contributed by atoms with E-state index in [1.54, 1.807) is 18.2 Å². The minimum Gasteiger partial charge on any atom is -0.459 e. The monoisotopic (exact) mass is 374 g/mol. The third-order valence-corrected chi connectivity index (χ3v) is 5.60. The van der Waals surface area contributed by atoms with Gasteiger partial charge in [-0.05, 0) is 54.8 Å². The predicted octanol–water partition coefficient (Wildman–Crippen LogP) is 2.75. The fourth-order valence-corrected chi connectivity index (χ4v) is 3.94. The molecule has 0 bridgehead atoms. The van der Waals surface area contributed by atoms with Gasteiger partial charge in [-0.15, -0.1) is 11.3 Å². The van der Waals surface area contributed by atoms with Crippen LogP contribution in [-0.4, -0.2) is 42.1 Å². The van der Waals surface area contributed by atoms with E-state index < -0.39 is 0 Å². The fraction of sp³-hybridized carbons (Fsp3) is 0.421. The third kappa shape index (κ3) is 4.60. The zero-order valence-electron chi connectivity index (χ0n) is 14.7. The number of furan rings is 1. The average Bonchev–Trinajstić information content (AvgIpc) is 3.32. The summed E-state index contributed by atoms with van der Waals surface area (Å²) in [5, 5.41) is 4.75. The second-order valence-corrected chi connectivity index (χ2v) is 7.50. The Morgan fingerprint density at radius 3 is 2.92 bits per heavy atom. The molecule has 0 aliphatic carbocycles. The number of hydrogen-bond acceptors (Lipinski definition) is 5. The van der Waals surface area contributed by atoms with E-state index >= 15 is 0 Å². The van der Waals surface area contributed by atoms with Crippen LogP contribution in [0.2, 0.25) is 0 Å². The summed E-state index contributed by atoms with van der Waals surface area (Å²) >= 11 is 1.38. The molecular formula is C19H22N2O4S. The van der Waals surface area contributed by atoms with Crippen LogP contribution >= 0.6 is 11.3 Å². The number of hydrogen-bond donors (Lipinski definition) is 1. The largest absolute Gasteiger partial charge is 0.459 e. The molecule has 3 rings (SSSR count). The van der Waals surface area contributed by atoms with Gasteiger partial charge in [0.05, 0.1) is 17.6 Å². The lowest BCUT2D eigenvalue weighted by Gasteiger charge is -2.33. The number of carbonyl (C=O) groups is 3. The van der Waals surface area contributed by atoms with Gasteiger partial charge in [0.1, 0.15) is 0 Å². The summed E-state index contributed by atoms with van der Waals surface area (Å²) in [4.78, 5) is 38.4. The van der Waals surface area contributed by atoms with E-state index in [-0.39, 0.29) is 23.5 Å². The molecule has 1 aliphatic rings. The molecule has 2 aromatic rings. The highest BCUT2D eigenvalue weighted by Crippen LogP contribution is 2.20. The van der Waals surface area contributed by atoms with Gasteiger partial charge in [0.2, 0.25) is 5.91 Å². The highest BCUT2D eigenvalue weighted by molar-refractivity contribution is 7.12. The molecule has 2 amide bonds. The van der Waals surface area contributed by atoms with Crippen molar-refractivity contribution in [1.82, 2.24) is 10.2 Å². The van der Waals surface area contributed by atoms with Crippen molar-refractivity contribution in [1.29, 1.82) is 0 Å². The maximum absolute atomic E-state index is 12.6. The summed E-state index contributed by atoms with van der Waals surface area (Å²) in [5.74, 6) is 0.404. The van der Waals surface area contributed by atoms with E-state index in [1.165, 1.54) is 24.5 Å². The molecule has 1 atom stereocenters. The van der Waals surface area contributed by atoms with Crippen LogP contribution in [-0.2, 0) is 11.2 Å². The molecule has 1 fully saturated rings. The normalized spacial score (nSPS) is 17.1. The summed E-state index contributed by atoms with van der Waals surface area (Å²) in [6, 6.07) is 5.11. The number of thiophene rings is 1. The number of likely N-dealkylation sites (tertiary alicyclic amines) is 1. The van der Waals surface area contributed by atoms with Crippen LogP contribution in [0.25, 0.3) is 0 Å². The summed E-state index contributed by atoms with van der Waals surface area (Å²) in [6.45, 7) is 3.44. The van der Waals surface area contributed by atoms with Gasteiger partial charge >= 0.3 is 0 Å². The molecule has 26 heavy (non-hydrogen) atoms. The first-order valence-electron chi connectivity index (χ1n) is 8.70. The topological polar surface area (TPSA) is 79.6 Å². The summed E-state index contributed by atoms with van der Waals surface area (Å²) in [5.41, 5.74) is 0.887. The van der Waals surface area contributed by atoms with Crippen molar-refractivity contribution in [2.45, 2.75) is 26.2 Å². The van der Waals surface area contributed by atoms with Gasteiger partial charge in [-0.1, -0.05) is 0 Å². The second-order valence-electron chi connectivity index (χ2n) is 6.59. The smallest absolute Gasteiger partial charge is 0.286 e. The van der Waals surface area contributed by atoms with Crippen LogP contribution in [0.15, 0.2) is 34.3 Å². The molecule has 1 N–H and O–H groups in total. The van der Waals surface area contributed by atoms with E-state index in [2.05, 4.69) is 5.32 Å². The van der Waals surface area contributed by atoms with Gasteiger partial charge in [0.15, 0.2) is 11.5 Å². The standard InChI is InChI=1S/C19H22N2O4S/c1-13(22)17-8-15(12-26-17)9-18(23)21-6-2-4-14(11-21)10-20-19(24)16-5-3-7-25-16/h3,5,7-8,12,14H,2,4,6,9-11H2,1H3,(H,20,24)/t14-/m0/s1. The number of carbonyl (C=O) groups excluding carboxylic acids is 3. The Hall–Kier alpha value is -2.41. The number of amides is 2. The number of Topliss-reactive ketones (excluding diaryl/α,β-unsaturated/α-hetero) is 1. The SMILES string of the molecule is CC(=O)c1cc(CC(=O)N2CCC[C@@H](CNC(=O)c3ccco3)C2)cs1. The van der Waals surface area contributed by atoms with Crippen molar-refractivity contribution >= 4 is 28.9 Å². The van der Waals surface area contributed by atoms with Crippen molar-refractivity contribution in [2.75, 3.05) is 19.6 Å². The Balaban J connectivity index is 1.49. The van der Waals surface area contributed by atoms with Gasteiger partial charge < -0.3 is 14.6 Å². The number of ketones is 1. The molecular weight excluding hydrogens is 352 g/mol. The highest BCUT2D eigenvalue weighted by atomic mass is 32.1. The van der Waals surface area contributed by atoms with Crippen molar-refractivity contribution in [3.05, 3.63) is 46.0 Å². The van der Waals surface area contributed by atoms with Gasteiger partial charge in [-0.2, -0.15) is 0 Å². The fourth-order valence-electron chi connectivity index (χ4n) is 3.13. The van der Waals surface area contributed by atoms with Gasteiger partial charge in [0, 0.05) is 19.6 Å². The van der Waals surface area contributed by atoms with E-state index in [1.807, 2.05) is 10.3 Å². The first-order valence-corrected chi connectivity index (χ1v) is 9.58. The van der Waals surface area contributed by atoms with Crippen molar-refractivity contribution in [3.63, 3.8) is 0 Å². The lowest BCUT2D eigenvalue weighted by Crippen LogP contribution is -2.44. The van der Waals surface area contributed by atoms with E-state index in [9.17, 15) is 14.4 Å². The van der Waals surface area contributed by atoms with Crippen LogP contribution < -0.4 is 5.32 Å². The van der Waals surface area contributed by atoms with E-state index in [0.717, 1.165) is 24.9 Å². The average molecular weight is 374 g/mol. The van der Waals surface area contributed by atoms with Crippen LogP contribution in [0.3, 0.4) is 0 Å². The van der Waals surface area contributed by atoms with Crippen molar-refractivity contribution in [2.24, 2.45) is 5.92 Å². The van der Waals surface area contributed by atoms with Crippen LogP contribution in [0, 0.1) is 5.92 Å². The third-order valence-electron chi connectivity index (χ3n) is 4.52. The Bertz CT molecular complexity index is 781. The zero-order chi connectivity index (χ0) is 18.5. The molecule has 2 aromatic heterocycles. The number of piperidine rings is 1. The first kappa shape index (κ1) is 18.4. The Labute approximate surface area is 156 Å². The van der Waals surface area contributed by atoms with Gasteiger partial charge in [-0.25, -0.2) is 0 Å². The molecule has 1 saturated heterocycles. The van der Waals surface area contributed by atoms with E-state index in [0.29, 0.717) is 30.1 Å². The zero-order valence-corrected chi connectivity index (χ0v) is 15.5. The molecule has 7 heteroatoms. The lowest BCUT2D eigenvalue weighted by molar-refractivity contribution is -0.132. The molecule has 1 aliphatic heterocycles. The van der Waals surface area contributed by atoms with Crippen LogP contribution in [0.5, 0.6) is 0 Å². The predicted molar refractivity (Wildman–Crippen MR) is 98.4 cm³/mol. The maximum Gasteiger partial charge on any atom is 0.286 e. The lowest BCUT2D eigenvalue weighted by atomic mass is 9.97. The van der Waals surface area contributed by atoms with Crippen LogP contribution in [0.4, 0.5) is 0 Å². The molecule has 0 saturated carbocycles. The summed E-state index contributed by atoms with van der Waals surface area (Å²) < 4.78 is 5.08. The molecule has 0 spiro atoms. The van der Waals surface area contributed by atoms with E-state index in [4.69, 9.17) is 4.42 Å². The van der Waals surface area contributed by atoms with Crippen molar-refractivity contribution < 1.29 is 18.8 Å².